The van der Waals surface area contributed by atoms with Gasteiger partial charge in [-0.05, 0) is 66.7 Å². The van der Waals surface area contributed by atoms with Gasteiger partial charge in [-0.15, -0.1) is 10.2 Å². The van der Waals surface area contributed by atoms with Crippen LogP contribution in [-0.2, 0) is 4.79 Å². The van der Waals surface area contributed by atoms with Crippen LogP contribution in [0.1, 0.15) is 0 Å². The Bertz CT molecular complexity index is 1260. The zero-order chi connectivity index (χ0) is 22.7. The number of carbonyl (C=O) groups is 1. The van der Waals surface area contributed by atoms with Gasteiger partial charge in [0.1, 0.15) is 0 Å². The van der Waals surface area contributed by atoms with E-state index in [0.717, 1.165) is 11.3 Å². The first-order valence-electron chi connectivity index (χ1n) is 9.26. The van der Waals surface area contributed by atoms with Gasteiger partial charge in [0, 0.05) is 26.3 Å². The first kappa shape index (κ1) is 23.0. The normalized spacial score (nSPS) is 10.9. The Kier molecular flexibility index (Phi) is 7.28. The van der Waals surface area contributed by atoms with Crippen LogP contribution in [0.2, 0.25) is 20.1 Å². The highest BCUT2D eigenvalue weighted by Gasteiger charge is 2.18. The highest BCUT2D eigenvalue weighted by molar-refractivity contribution is 7.99. The molecule has 0 bridgehead atoms. The molecule has 0 unspecified atom stereocenters. The number of thioether (sulfide) groups is 1. The zero-order valence-electron chi connectivity index (χ0n) is 16.2. The van der Waals surface area contributed by atoms with Crippen LogP contribution < -0.4 is 5.32 Å². The number of anilines is 1. The maximum Gasteiger partial charge on any atom is 0.234 e. The van der Waals surface area contributed by atoms with Gasteiger partial charge in [0.05, 0.1) is 16.5 Å². The number of nitrogens with one attached hydrogen (secondary N) is 1. The van der Waals surface area contributed by atoms with Gasteiger partial charge in [-0.25, -0.2) is 0 Å². The van der Waals surface area contributed by atoms with Crippen molar-refractivity contribution in [3.05, 3.63) is 86.8 Å². The summed E-state index contributed by atoms with van der Waals surface area (Å²) in [6.45, 7) is 0. The number of benzene rings is 3. The van der Waals surface area contributed by atoms with Crippen LogP contribution in [-0.4, -0.2) is 26.4 Å². The van der Waals surface area contributed by atoms with Crippen LogP contribution in [0.5, 0.6) is 0 Å². The SMILES string of the molecule is O=C(CSc1nnc(-c2ccc(Cl)cc2)n1-c1ccc(Cl)cc1)Nc1cc(Cl)ccc1Cl. The molecule has 0 aliphatic heterocycles. The molecule has 0 aliphatic carbocycles. The molecule has 0 atom stereocenters. The number of aromatic nitrogens is 3. The average molecular weight is 524 g/mol. The average Bonchev–Trinajstić information content (AvgIpc) is 3.20. The van der Waals surface area contributed by atoms with Gasteiger partial charge in [0.25, 0.3) is 0 Å². The molecule has 0 saturated heterocycles. The van der Waals surface area contributed by atoms with Crippen molar-refractivity contribution in [1.82, 2.24) is 14.8 Å². The van der Waals surface area contributed by atoms with E-state index >= 15 is 0 Å². The van der Waals surface area contributed by atoms with E-state index in [-0.39, 0.29) is 11.7 Å². The highest BCUT2D eigenvalue weighted by atomic mass is 35.5. The molecule has 1 aromatic heterocycles. The third kappa shape index (κ3) is 5.39. The minimum Gasteiger partial charge on any atom is -0.324 e. The lowest BCUT2D eigenvalue weighted by Gasteiger charge is -2.11. The molecule has 0 spiro atoms. The Labute approximate surface area is 208 Å². The Hall–Kier alpha value is -2.22. The number of hydrogen-bond acceptors (Lipinski definition) is 4. The van der Waals surface area contributed by atoms with Gasteiger partial charge < -0.3 is 5.32 Å². The highest BCUT2D eigenvalue weighted by Crippen LogP contribution is 2.30. The summed E-state index contributed by atoms with van der Waals surface area (Å²) in [5.74, 6) is 0.456. The monoisotopic (exact) mass is 522 g/mol. The summed E-state index contributed by atoms with van der Waals surface area (Å²) in [7, 11) is 0. The molecule has 4 rings (SSSR count). The number of hydrogen-bond donors (Lipinski definition) is 1. The number of halogens is 4. The molecule has 32 heavy (non-hydrogen) atoms. The molecule has 4 aromatic rings. The first-order chi connectivity index (χ1) is 15.4. The summed E-state index contributed by atoms with van der Waals surface area (Å²) in [6.07, 6.45) is 0. The second-order valence-electron chi connectivity index (χ2n) is 6.59. The molecule has 0 saturated carbocycles. The van der Waals surface area contributed by atoms with Crippen LogP contribution in [0.3, 0.4) is 0 Å². The molecule has 0 fully saturated rings. The van der Waals surface area contributed by atoms with E-state index in [0.29, 0.717) is 36.8 Å². The van der Waals surface area contributed by atoms with Crippen molar-refractivity contribution in [2.45, 2.75) is 5.16 Å². The molecule has 162 valence electrons. The van der Waals surface area contributed by atoms with Gasteiger partial charge in [-0.3, -0.25) is 9.36 Å². The van der Waals surface area contributed by atoms with Crippen molar-refractivity contribution in [2.24, 2.45) is 0 Å². The van der Waals surface area contributed by atoms with Gasteiger partial charge in [-0.1, -0.05) is 58.2 Å². The second-order valence-corrected chi connectivity index (χ2v) is 9.24. The second kappa shape index (κ2) is 10.1. The fraction of sp³-hybridized carbons (Fsp3) is 0.0455. The van der Waals surface area contributed by atoms with Gasteiger partial charge in [-0.2, -0.15) is 0 Å². The maximum atomic E-state index is 12.5. The lowest BCUT2D eigenvalue weighted by atomic mass is 10.2. The smallest absolute Gasteiger partial charge is 0.234 e. The molecule has 3 aromatic carbocycles. The topological polar surface area (TPSA) is 59.8 Å². The van der Waals surface area contributed by atoms with Gasteiger partial charge in [0.2, 0.25) is 5.91 Å². The number of rotatable bonds is 6. The number of nitrogens with zero attached hydrogens (tertiary/aromatic N) is 3. The molecule has 0 aliphatic rings. The summed E-state index contributed by atoms with van der Waals surface area (Å²) in [5.41, 5.74) is 2.09. The molecular formula is C22H14Cl4N4OS. The minimum absolute atomic E-state index is 0.0924. The Morgan fingerprint density at radius 1 is 0.844 bits per heavy atom. The van der Waals surface area contributed by atoms with Crippen LogP contribution in [0.25, 0.3) is 17.1 Å². The molecule has 1 heterocycles. The zero-order valence-corrected chi connectivity index (χ0v) is 20.1. The maximum absolute atomic E-state index is 12.5. The van der Waals surface area contributed by atoms with Gasteiger partial charge >= 0.3 is 0 Å². The van der Waals surface area contributed by atoms with Crippen molar-refractivity contribution in [3.63, 3.8) is 0 Å². The molecule has 10 heteroatoms. The third-order valence-electron chi connectivity index (χ3n) is 4.36. The van der Waals surface area contributed by atoms with E-state index in [1.54, 1.807) is 42.5 Å². The van der Waals surface area contributed by atoms with Crippen molar-refractivity contribution in [2.75, 3.05) is 11.1 Å². The summed E-state index contributed by atoms with van der Waals surface area (Å²) in [4.78, 5) is 12.5. The van der Waals surface area contributed by atoms with Crippen molar-refractivity contribution in [1.29, 1.82) is 0 Å². The van der Waals surface area contributed by atoms with Crippen molar-refractivity contribution >= 4 is 69.8 Å². The summed E-state index contributed by atoms with van der Waals surface area (Å²) in [6, 6.07) is 19.5. The molecule has 0 radical (unpaired) electrons. The Balaban J connectivity index is 1.60. The van der Waals surface area contributed by atoms with E-state index in [2.05, 4.69) is 15.5 Å². The standard InChI is InChI=1S/C22H14Cl4N4OS/c23-14-3-1-13(2-4-14)21-28-29-22(30(21)17-8-5-15(24)6-9-17)32-12-20(31)27-19-11-16(25)7-10-18(19)26/h1-11H,12H2,(H,27,31). The Morgan fingerprint density at radius 2 is 1.47 bits per heavy atom. The molecule has 1 N–H and O–H groups in total. The van der Waals surface area contributed by atoms with E-state index in [9.17, 15) is 4.79 Å². The van der Waals surface area contributed by atoms with E-state index in [1.807, 2.05) is 28.8 Å². The molecule has 1 amide bonds. The Morgan fingerprint density at radius 3 is 2.16 bits per heavy atom. The van der Waals surface area contributed by atoms with Crippen LogP contribution in [0.15, 0.2) is 71.9 Å². The number of carbonyl (C=O) groups excluding carboxylic acids is 1. The summed E-state index contributed by atoms with van der Waals surface area (Å²) in [5, 5.41) is 14.1. The summed E-state index contributed by atoms with van der Waals surface area (Å²) < 4.78 is 1.86. The van der Waals surface area contributed by atoms with Gasteiger partial charge in [0.15, 0.2) is 11.0 Å². The lowest BCUT2D eigenvalue weighted by Crippen LogP contribution is -2.15. The predicted octanol–water partition coefficient (Wildman–Crippen LogP) is 7.28. The summed E-state index contributed by atoms with van der Waals surface area (Å²) >= 11 is 25.4. The van der Waals surface area contributed by atoms with E-state index < -0.39 is 0 Å². The minimum atomic E-state index is -0.252. The quantitative estimate of drug-likeness (QED) is 0.270. The van der Waals surface area contributed by atoms with Crippen molar-refractivity contribution in [3.8, 4) is 17.1 Å². The van der Waals surface area contributed by atoms with Crippen LogP contribution in [0.4, 0.5) is 5.69 Å². The van der Waals surface area contributed by atoms with E-state index in [1.165, 1.54) is 11.8 Å². The van der Waals surface area contributed by atoms with E-state index in [4.69, 9.17) is 46.4 Å². The largest absolute Gasteiger partial charge is 0.324 e. The fourth-order valence-electron chi connectivity index (χ4n) is 2.88. The number of amides is 1. The lowest BCUT2D eigenvalue weighted by molar-refractivity contribution is -0.113. The molecular weight excluding hydrogens is 510 g/mol. The van der Waals surface area contributed by atoms with Crippen LogP contribution in [0, 0.1) is 0 Å². The first-order valence-corrected chi connectivity index (χ1v) is 11.8. The van der Waals surface area contributed by atoms with Crippen LogP contribution >= 0.6 is 58.2 Å². The fourth-order valence-corrected chi connectivity index (χ4v) is 4.22. The third-order valence-corrected chi connectivity index (χ3v) is 6.35. The predicted molar refractivity (Wildman–Crippen MR) is 133 cm³/mol. The molecule has 5 nitrogen and oxygen atoms in total. The van der Waals surface area contributed by atoms with Crippen molar-refractivity contribution < 1.29 is 4.79 Å².